The molecule has 0 bridgehead atoms. The number of hydrogen-bond acceptors (Lipinski definition) is 2. The normalized spacial score (nSPS) is 27.5. The predicted octanol–water partition coefficient (Wildman–Crippen LogP) is 3.31. The van der Waals surface area contributed by atoms with Crippen LogP contribution in [0.2, 0.25) is 0 Å². The third kappa shape index (κ3) is 5.46. The van der Waals surface area contributed by atoms with Crippen molar-refractivity contribution in [1.29, 1.82) is 0 Å². The highest BCUT2D eigenvalue weighted by Crippen LogP contribution is 2.22. The molecule has 0 radical (unpaired) electrons. The van der Waals surface area contributed by atoms with Crippen molar-refractivity contribution in [3.63, 3.8) is 0 Å². The van der Waals surface area contributed by atoms with Crippen LogP contribution in [0.5, 0.6) is 0 Å². The van der Waals surface area contributed by atoms with Crippen LogP contribution >= 0.6 is 12.4 Å². The molecule has 108 valence electrons. The third-order valence-corrected chi connectivity index (χ3v) is 4.83. The summed E-state index contributed by atoms with van der Waals surface area (Å²) in [5.74, 6) is 2.01. The zero-order chi connectivity index (χ0) is 11.9. The van der Waals surface area contributed by atoms with Crippen LogP contribution in [-0.2, 0) is 0 Å². The molecule has 1 N–H and O–H groups in total. The fraction of sp³-hybridized carbons (Fsp3) is 1.00. The van der Waals surface area contributed by atoms with Crippen LogP contribution in [-0.4, -0.2) is 37.6 Å². The van der Waals surface area contributed by atoms with Gasteiger partial charge in [0, 0.05) is 0 Å². The second kappa shape index (κ2) is 9.17. The van der Waals surface area contributed by atoms with E-state index in [0.29, 0.717) is 0 Å². The maximum atomic E-state index is 3.46. The smallest absolute Gasteiger partial charge is 0.00161 e. The van der Waals surface area contributed by atoms with E-state index in [-0.39, 0.29) is 12.4 Å². The maximum Gasteiger partial charge on any atom is -0.00161 e. The first-order valence-corrected chi connectivity index (χ1v) is 7.81. The van der Waals surface area contributed by atoms with Crippen LogP contribution in [0.3, 0.4) is 0 Å². The Balaban J connectivity index is 0.00000162. The molecule has 0 aromatic rings. The standard InChI is InChI=1S/C15H30N2.ClH/c1-2-14-4-3-11-17(12-7-14)13-8-15-5-9-16-10-6-15;/h14-16H,2-13H2,1H3;1H. The zero-order valence-corrected chi connectivity index (χ0v) is 12.8. The SMILES string of the molecule is CCC1CCCN(CCC2CCNCC2)CC1.Cl. The van der Waals surface area contributed by atoms with Gasteiger partial charge in [0.2, 0.25) is 0 Å². The molecule has 3 heteroatoms. The second-order valence-electron chi connectivity index (χ2n) is 6.03. The van der Waals surface area contributed by atoms with Crippen molar-refractivity contribution in [2.75, 3.05) is 32.7 Å². The molecule has 2 rings (SSSR count). The number of hydrogen-bond donors (Lipinski definition) is 1. The van der Waals surface area contributed by atoms with Crippen molar-refractivity contribution in [1.82, 2.24) is 10.2 Å². The molecule has 0 amide bonds. The number of piperidine rings is 1. The minimum atomic E-state index is 0. The Bertz CT molecular complexity index is 205. The van der Waals surface area contributed by atoms with Crippen molar-refractivity contribution in [2.24, 2.45) is 11.8 Å². The van der Waals surface area contributed by atoms with Crippen LogP contribution in [0.25, 0.3) is 0 Å². The van der Waals surface area contributed by atoms with E-state index in [2.05, 4.69) is 17.1 Å². The van der Waals surface area contributed by atoms with Gasteiger partial charge in [-0.15, -0.1) is 12.4 Å². The highest BCUT2D eigenvalue weighted by molar-refractivity contribution is 5.85. The molecule has 2 saturated heterocycles. The van der Waals surface area contributed by atoms with E-state index >= 15 is 0 Å². The number of nitrogens with one attached hydrogen (secondary N) is 1. The lowest BCUT2D eigenvalue weighted by Gasteiger charge is -2.26. The number of rotatable bonds is 4. The lowest BCUT2D eigenvalue weighted by molar-refractivity contribution is 0.239. The highest BCUT2D eigenvalue weighted by Gasteiger charge is 2.18. The molecule has 2 heterocycles. The molecule has 1 atom stereocenters. The molecule has 2 fully saturated rings. The first-order chi connectivity index (χ1) is 8.38. The van der Waals surface area contributed by atoms with Gasteiger partial charge in [0.15, 0.2) is 0 Å². The topological polar surface area (TPSA) is 15.3 Å². The lowest BCUT2D eigenvalue weighted by atomic mass is 9.94. The van der Waals surface area contributed by atoms with Crippen LogP contribution in [0, 0.1) is 11.8 Å². The quantitative estimate of drug-likeness (QED) is 0.846. The summed E-state index contributed by atoms with van der Waals surface area (Å²) in [5.41, 5.74) is 0. The Hall–Kier alpha value is 0.210. The summed E-state index contributed by atoms with van der Waals surface area (Å²) in [6.45, 7) is 8.95. The summed E-state index contributed by atoms with van der Waals surface area (Å²) in [6.07, 6.45) is 10.0. The lowest BCUT2D eigenvalue weighted by Crippen LogP contribution is -2.32. The largest absolute Gasteiger partial charge is 0.317 e. The Morgan fingerprint density at radius 2 is 1.78 bits per heavy atom. The Morgan fingerprint density at radius 1 is 1.00 bits per heavy atom. The van der Waals surface area contributed by atoms with Gasteiger partial charge in [0.1, 0.15) is 0 Å². The molecule has 18 heavy (non-hydrogen) atoms. The number of likely N-dealkylation sites (tertiary alicyclic amines) is 1. The van der Waals surface area contributed by atoms with Gasteiger partial charge in [-0.1, -0.05) is 13.3 Å². The summed E-state index contributed by atoms with van der Waals surface area (Å²) in [4.78, 5) is 2.73. The molecule has 0 aromatic carbocycles. The van der Waals surface area contributed by atoms with Gasteiger partial charge in [-0.2, -0.15) is 0 Å². The van der Waals surface area contributed by atoms with Crippen LogP contribution in [0.15, 0.2) is 0 Å². The molecular weight excluding hydrogens is 244 g/mol. The van der Waals surface area contributed by atoms with E-state index < -0.39 is 0 Å². The molecule has 0 aromatic heterocycles. The van der Waals surface area contributed by atoms with E-state index in [1.54, 1.807) is 0 Å². The summed E-state index contributed by atoms with van der Waals surface area (Å²) in [6, 6.07) is 0. The Kier molecular flexibility index (Phi) is 8.28. The third-order valence-electron chi connectivity index (χ3n) is 4.83. The van der Waals surface area contributed by atoms with E-state index in [1.165, 1.54) is 77.7 Å². The first kappa shape index (κ1) is 16.3. The number of halogens is 1. The van der Waals surface area contributed by atoms with E-state index in [0.717, 1.165) is 11.8 Å². The molecule has 0 aliphatic carbocycles. The highest BCUT2D eigenvalue weighted by atomic mass is 35.5. The van der Waals surface area contributed by atoms with Gasteiger partial charge in [-0.3, -0.25) is 0 Å². The van der Waals surface area contributed by atoms with E-state index in [1.807, 2.05) is 0 Å². The molecule has 0 spiro atoms. The zero-order valence-electron chi connectivity index (χ0n) is 12.0. The van der Waals surface area contributed by atoms with Crippen molar-refractivity contribution >= 4 is 12.4 Å². The maximum absolute atomic E-state index is 3.46. The van der Waals surface area contributed by atoms with Gasteiger partial charge in [0.25, 0.3) is 0 Å². The fourth-order valence-corrected chi connectivity index (χ4v) is 3.39. The number of nitrogens with zero attached hydrogens (tertiary/aromatic N) is 1. The summed E-state index contributed by atoms with van der Waals surface area (Å²) in [5, 5.41) is 3.46. The van der Waals surface area contributed by atoms with E-state index in [4.69, 9.17) is 0 Å². The molecule has 2 nitrogen and oxygen atoms in total. The average Bonchev–Trinajstić information content (AvgIpc) is 2.62. The van der Waals surface area contributed by atoms with Gasteiger partial charge in [-0.05, 0) is 83.1 Å². The predicted molar refractivity (Wildman–Crippen MR) is 81.5 cm³/mol. The average molecular weight is 275 g/mol. The summed E-state index contributed by atoms with van der Waals surface area (Å²) in [7, 11) is 0. The van der Waals surface area contributed by atoms with Crippen LogP contribution < -0.4 is 5.32 Å². The van der Waals surface area contributed by atoms with Crippen LogP contribution in [0.1, 0.15) is 51.9 Å². The summed E-state index contributed by atoms with van der Waals surface area (Å²) >= 11 is 0. The molecule has 2 aliphatic rings. The van der Waals surface area contributed by atoms with Crippen molar-refractivity contribution < 1.29 is 0 Å². The second-order valence-corrected chi connectivity index (χ2v) is 6.03. The van der Waals surface area contributed by atoms with Crippen molar-refractivity contribution in [3.8, 4) is 0 Å². The monoisotopic (exact) mass is 274 g/mol. The molecule has 2 aliphatic heterocycles. The molecule has 1 unspecified atom stereocenters. The minimum Gasteiger partial charge on any atom is -0.317 e. The van der Waals surface area contributed by atoms with E-state index in [9.17, 15) is 0 Å². The van der Waals surface area contributed by atoms with Crippen LogP contribution in [0.4, 0.5) is 0 Å². The van der Waals surface area contributed by atoms with Gasteiger partial charge >= 0.3 is 0 Å². The van der Waals surface area contributed by atoms with Gasteiger partial charge in [0.05, 0.1) is 0 Å². The van der Waals surface area contributed by atoms with Crippen molar-refractivity contribution in [2.45, 2.75) is 51.9 Å². The Morgan fingerprint density at radius 3 is 2.50 bits per heavy atom. The van der Waals surface area contributed by atoms with Gasteiger partial charge < -0.3 is 10.2 Å². The summed E-state index contributed by atoms with van der Waals surface area (Å²) < 4.78 is 0. The fourth-order valence-electron chi connectivity index (χ4n) is 3.39. The van der Waals surface area contributed by atoms with Crippen molar-refractivity contribution in [3.05, 3.63) is 0 Å². The first-order valence-electron chi connectivity index (χ1n) is 7.81. The molecular formula is C15H31ClN2. The Labute approximate surface area is 119 Å². The minimum absolute atomic E-state index is 0. The van der Waals surface area contributed by atoms with Gasteiger partial charge in [-0.25, -0.2) is 0 Å². The molecule has 0 saturated carbocycles.